The Kier molecular flexibility index (Phi) is 7.27. The number of amides is 2. The van der Waals surface area contributed by atoms with Crippen molar-refractivity contribution in [3.63, 3.8) is 0 Å². The molecule has 0 saturated carbocycles. The molecule has 0 spiro atoms. The lowest BCUT2D eigenvalue weighted by molar-refractivity contribution is -0.123. The number of carbonyl (C=O) groups is 2. The first-order chi connectivity index (χ1) is 16.4. The van der Waals surface area contributed by atoms with Gasteiger partial charge in [-0.3, -0.25) is 14.5 Å². The zero-order valence-electron chi connectivity index (χ0n) is 19.9. The number of hydrogen-bond acceptors (Lipinski definition) is 5. The smallest absolute Gasteiger partial charge is 0.274 e. The Labute approximate surface area is 200 Å². The number of ether oxygens (including phenoxy) is 1. The third-order valence-electron chi connectivity index (χ3n) is 5.79. The van der Waals surface area contributed by atoms with Crippen molar-refractivity contribution in [3.8, 4) is 22.7 Å². The molecule has 2 amide bonds. The lowest BCUT2D eigenvalue weighted by atomic mass is 10.1. The van der Waals surface area contributed by atoms with E-state index in [1.54, 1.807) is 7.11 Å². The summed E-state index contributed by atoms with van der Waals surface area (Å²) in [7, 11) is 1.64. The Morgan fingerprint density at radius 2 is 1.68 bits per heavy atom. The van der Waals surface area contributed by atoms with Crippen molar-refractivity contribution in [3.05, 3.63) is 66.4 Å². The molecule has 1 N–H and O–H groups in total. The Bertz CT molecular complexity index is 1120. The molecule has 0 bridgehead atoms. The quantitative estimate of drug-likeness (QED) is 0.585. The summed E-state index contributed by atoms with van der Waals surface area (Å²) in [6, 6.07) is 19.5. The van der Waals surface area contributed by atoms with Crippen LogP contribution in [0.15, 0.2) is 60.7 Å². The van der Waals surface area contributed by atoms with Crippen molar-refractivity contribution in [2.45, 2.75) is 19.9 Å². The number of rotatable bonds is 7. The van der Waals surface area contributed by atoms with Crippen LogP contribution in [0, 0.1) is 0 Å². The van der Waals surface area contributed by atoms with Crippen LogP contribution in [0.25, 0.3) is 16.9 Å². The second kappa shape index (κ2) is 10.5. The van der Waals surface area contributed by atoms with E-state index in [1.807, 2.05) is 84.1 Å². The minimum atomic E-state index is -0.101. The van der Waals surface area contributed by atoms with Gasteiger partial charge in [0.25, 0.3) is 5.91 Å². The van der Waals surface area contributed by atoms with E-state index in [4.69, 9.17) is 9.84 Å². The largest absolute Gasteiger partial charge is 0.497 e. The van der Waals surface area contributed by atoms with Gasteiger partial charge in [0.05, 0.1) is 25.0 Å². The standard InChI is InChI=1S/C26H31N5O3/c1-19(2)27-25(32)18-29-13-15-30(16-14-29)26(33)23-17-24(20-9-11-22(34-3)12-10-20)31(28-23)21-7-5-4-6-8-21/h4-12,17,19H,13-16,18H2,1-3H3,(H,27,32). The summed E-state index contributed by atoms with van der Waals surface area (Å²) >= 11 is 0. The van der Waals surface area contributed by atoms with Gasteiger partial charge in [0.2, 0.25) is 5.91 Å². The highest BCUT2D eigenvalue weighted by molar-refractivity contribution is 5.93. The van der Waals surface area contributed by atoms with E-state index in [0.29, 0.717) is 38.4 Å². The molecule has 1 fully saturated rings. The van der Waals surface area contributed by atoms with Crippen LogP contribution in [0.5, 0.6) is 5.75 Å². The summed E-state index contributed by atoms with van der Waals surface area (Å²) in [6.07, 6.45) is 0. The number of nitrogens with one attached hydrogen (secondary N) is 1. The van der Waals surface area contributed by atoms with E-state index in [-0.39, 0.29) is 17.9 Å². The Morgan fingerprint density at radius 3 is 2.29 bits per heavy atom. The molecule has 0 aliphatic carbocycles. The van der Waals surface area contributed by atoms with Crippen molar-refractivity contribution in [2.24, 2.45) is 0 Å². The van der Waals surface area contributed by atoms with E-state index >= 15 is 0 Å². The predicted octanol–water partition coefficient (Wildman–Crippen LogP) is 2.83. The number of hydrogen-bond donors (Lipinski definition) is 1. The molecule has 4 rings (SSSR count). The average Bonchev–Trinajstić information content (AvgIpc) is 3.30. The van der Waals surface area contributed by atoms with Crippen LogP contribution in [0.1, 0.15) is 24.3 Å². The topological polar surface area (TPSA) is 79.7 Å². The van der Waals surface area contributed by atoms with Gasteiger partial charge >= 0.3 is 0 Å². The molecule has 34 heavy (non-hydrogen) atoms. The van der Waals surface area contributed by atoms with Gasteiger partial charge in [-0.25, -0.2) is 4.68 Å². The maximum atomic E-state index is 13.3. The van der Waals surface area contributed by atoms with Gasteiger partial charge in [-0.15, -0.1) is 0 Å². The summed E-state index contributed by atoms with van der Waals surface area (Å²) in [5, 5.41) is 7.61. The van der Waals surface area contributed by atoms with E-state index in [9.17, 15) is 9.59 Å². The molecule has 178 valence electrons. The minimum absolute atomic E-state index is 0.0144. The van der Waals surface area contributed by atoms with Crippen LogP contribution in [-0.2, 0) is 4.79 Å². The lowest BCUT2D eigenvalue weighted by Crippen LogP contribution is -2.51. The first kappa shape index (κ1) is 23.5. The molecule has 1 aliphatic heterocycles. The molecule has 8 heteroatoms. The van der Waals surface area contributed by atoms with Gasteiger partial charge in [0.15, 0.2) is 5.69 Å². The molecular formula is C26H31N5O3. The third kappa shape index (κ3) is 5.46. The highest BCUT2D eigenvalue weighted by atomic mass is 16.5. The molecule has 1 aliphatic rings. The van der Waals surface area contributed by atoms with E-state index < -0.39 is 0 Å². The van der Waals surface area contributed by atoms with Crippen LogP contribution in [-0.4, -0.2) is 77.3 Å². The van der Waals surface area contributed by atoms with Crippen molar-refractivity contribution in [1.82, 2.24) is 24.9 Å². The molecule has 3 aromatic rings. The van der Waals surface area contributed by atoms with Gasteiger partial charge in [-0.05, 0) is 56.3 Å². The lowest BCUT2D eigenvalue weighted by Gasteiger charge is -2.34. The average molecular weight is 462 g/mol. The maximum Gasteiger partial charge on any atom is 0.274 e. The van der Waals surface area contributed by atoms with Crippen LogP contribution >= 0.6 is 0 Å². The van der Waals surface area contributed by atoms with Crippen LogP contribution < -0.4 is 10.1 Å². The van der Waals surface area contributed by atoms with Gasteiger partial charge in [-0.2, -0.15) is 5.10 Å². The molecule has 1 aromatic heterocycles. The predicted molar refractivity (Wildman–Crippen MR) is 131 cm³/mol. The highest BCUT2D eigenvalue weighted by Crippen LogP contribution is 2.26. The number of para-hydroxylation sites is 1. The summed E-state index contributed by atoms with van der Waals surface area (Å²) in [6.45, 7) is 6.68. The van der Waals surface area contributed by atoms with Crippen molar-refractivity contribution >= 4 is 11.8 Å². The third-order valence-corrected chi connectivity index (χ3v) is 5.79. The number of piperazine rings is 1. The summed E-state index contributed by atoms with van der Waals surface area (Å²) < 4.78 is 7.09. The molecule has 0 unspecified atom stereocenters. The zero-order chi connectivity index (χ0) is 24.1. The first-order valence-electron chi connectivity index (χ1n) is 11.6. The fourth-order valence-electron chi connectivity index (χ4n) is 4.06. The molecule has 1 saturated heterocycles. The van der Waals surface area contributed by atoms with E-state index in [0.717, 1.165) is 22.7 Å². The molecule has 0 radical (unpaired) electrons. The SMILES string of the molecule is COc1ccc(-c2cc(C(=O)N3CCN(CC(=O)NC(C)C)CC3)nn2-c2ccccc2)cc1. The monoisotopic (exact) mass is 461 g/mol. The number of carbonyl (C=O) groups excluding carboxylic acids is 2. The normalized spacial score (nSPS) is 14.3. The summed E-state index contributed by atoms with van der Waals surface area (Å²) in [5.74, 6) is 0.682. The molecule has 2 heterocycles. The first-order valence-corrected chi connectivity index (χ1v) is 11.6. The van der Waals surface area contributed by atoms with Crippen LogP contribution in [0.2, 0.25) is 0 Å². The van der Waals surface area contributed by atoms with Crippen LogP contribution in [0.4, 0.5) is 0 Å². The molecule has 2 aromatic carbocycles. The number of nitrogens with zero attached hydrogens (tertiary/aromatic N) is 4. The summed E-state index contributed by atoms with van der Waals surface area (Å²) in [5.41, 5.74) is 3.06. The van der Waals surface area contributed by atoms with Crippen molar-refractivity contribution in [1.29, 1.82) is 0 Å². The van der Waals surface area contributed by atoms with Crippen LogP contribution in [0.3, 0.4) is 0 Å². The second-order valence-corrected chi connectivity index (χ2v) is 8.68. The Morgan fingerprint density at radius 1 is 1.00 bits per heavy atom. The number of aromatic nitrogens is 2. The van der Waals surface area contributed by atoms with Gasteiger partial charge in [0.1, 0.15) is 5.75 Å². The van der Waals surface area contributed by atoms with E-state index in [2.05, 4.69) is 10.2 Å². The maximum absolute atomic E-state index is 13.3. The Hall–Kier alpha value is -3.65. The number of methoxy groups -OCH3 is 1. The van der Waals surface area contributed by atoms with Gasteiger partial charge in [0, 0.05) is 37.8 Å². The second-order valence-electron chi connectivity index (χ2n) is 8.68. The fourth-order valence-corrected chi connectivity index (χ4v) is 4.06. The van der Waals surface area contributed by atoms with Gasteiger partial charge in [-0.1, -0.05) is 18.2 Å². The summed E-state index contributed by atoms with van der Waals surface area (Å²) in [4.78, 5) is 29.3. The molecule has 0 atom stereocenters. The van der Waals surface area contributed by atoms with Gasteiger partial charge < -0.3 is 15.0 Å². The zero-order valence-corrected chi connectivity index (χ0v) is 19.9. The highest BCUT2D eigenvalue weighted by Gasteiger charge is 2.26. The Balaban J connectivity index is 1.52. The van der Waals surface area contributed by atoms with Crippen molar-refractivity contribution < 1.29 is 14.3 Å². The fraction of sp³-hybridized carbons (Fsp3) is 0.346. The molecular weight excluding hydrogens is 430 g/mol. The van der Waals surface area contributed by atoms with Crippen molar-refractivity contribution in [2.75, 3.05) is 39.8 Å². The van der Waals surface area contributed by atoms with E-state index in [1.165, 1.54) is 0 Å². The number of benzene rings is 2. The minimum Gasteiger partial charge on any atom is -0.497 e. The molecule has 8 nitrogen and oxygen atoms in total.